The summed E-state index contributed by atoms with van der Waals surface area (Å²) in [5.74, 6) is -0.125. The molecule has 0 bridgehead atoms. The van der Waals surface area contributed by atoms with Crippen LogP contribution in [0.3, 0.4) is 0 Å². The Morgan fingerprint density at radius 2 is 1.84 bits per heavy atom. The lowest BCUT2D eigenvalue weighted by Gasteiger charge is -2.35. The number of benzene rings is 1. The molecule has 2 saturated heterocycles. The second-order valence-corrected chi connectivity index (χ2v) is 7.44. The van der Waals surface area contributed by atoms with Gasteiger partial charge in [-0.25, -0.2) is 0 Å². The Kier molecular flexibility index (Phi) is 5.91. The number of ether oxygens (including phenoxy) is 1. The van der Waals surface area contributed by atoms with Crippen LogP contribution in [-0.4, -0.2) is 66.6 Å². The van der Waals surface area contributed by atoms with Crippen molar-refractivity contribution < 1.29 is 22.7 Å². The number of piperazine rings is 1. The van der Waals surface area contributed by atoms with Gasteiger partial charge in [-0.15, -0.1) is 0 Å². The van der Waals surface area contributed by atoms with Crippen LogP contribution < -0.4 is 0 Å². The molecule has 0 radical (unpaired) electrons. The van der Waals surface area contributed by atoms with E-state index in [4.69, 9.17) is 4.74 Å². The van der Waals surface area contributed by atoms with Crippen LogP contribution in [-0.2, 0) is 4.74 Å². The molecule has 1 unspecified atom stereocenters. The topological polar surface area (TPSA) is 32.8 Å². The molecule has 0 saturated carbocycles. The van der Waals surface area contributed by atoms with Crippen molar-refractivity contribution in [2.24, 2.45) is 0 Å². The van der Waals surface area contributed by atoms with Gasteiger partial charge in [-0.1, -0.05) is 0 Å². The summed E-state index contributed by atoms with van der Waals surface area (Å²) < 4.78 is 42.7. The zero-order chi connectivity index (χ0) is 17.9. The summed E-state index contributed by atoms with van der Waals surface area (Å²) in [4.78, 5) is 16.7. The van der Waals surface area contributed by atoms with E-state index in [9.17, 15) is 18.0 Å². The third-order valence-electron chi connectivity index (χ3n) is 4.48. The van der Waals surface area contributed by atoms with Gasteiger partial charge < -0.3 is 9.64 Å². The lowest BCUT2D eigenvalue weighted by Crippen LogP contribution is -2.50. The van der Waals surface area contributed by atoms with Gasteiger partial charge in [0.15, 0.2) is 0 Å². The van der Waals surface area contributed by atoms with E-state index in [1.54, 1.807) is 4.90 Å². The average Bonchev–Trinajstić information content (AvgIpc) is 3.07. The Labute approximate surface area is 149 Å². The van der Waals surface area contributed by atoms with E-state index in [0.29, 0.717) is 24.8 Å². The highest BCUT2D eigenvalue weighted by Gasteiger charge is 2.29. The van der Waals surface area contributed by atoms with Crippen molar-refractivity contribution in [3.05, 3.63) is 29.8 Å². The van der Waals surface area contributed by atoms with Gasteiger partial charge in [0.05, 0.1) is 6.10 Å². The van der Waals surface area contributed by atoms with E-state index in [-0.39, 0.29) is 22.6 Å². The van der Waals surface area contributed by atoms with Crippen molar-refractivity contribution >= 4 is 17.7 Å². The Balaban J connectivity index is 1.50. The zero-order valence-corrected chi connectivity index (χ0v) is 14.6. The van der Waals surface area contributed by atoms with Crippen LogP contribution >= 0.6 is 11.8 Å². The Bertz CT molecular complexity index is 581. The van der Waals surface area contributed by atoms with Crippen molar-refractivity contribution in [2.45, 2.75) is 29.3 Å². The SMILES string of the molecule is O=C(c1ccc(SC(F)(F)F)cc1)N1CCN(CC2CCCO2)CC1. The van der Waals surface area contributed by atoms with Gasteiger partial charge >= 0.3 is 5.51 Å². The van der Waals surface area contributed by atoms with Gasteiger partial charge in [-0.05, 0) is 48.9 Å². The monoisotopic (exact) mass is 374 g/mol. The van der Waals surface area contributed by atoms with Gasteiger partial charge in [-0.3, -0.25) is 9.69 Å². The van der Waals surface area contributed by atoms with Crippen molar-refractivity contribution in [2.75, 3.05) is 39.3 Å². The molecule has 2 fully saturated rings. The van der Waals surface area contributed by atoms with E-state index < -0.39 is 5.51 Å². The lowest BCUT2D eigenvalue weighted by molar-refractivity contribution is -0.0328. The second-order valence-electron chi connectivity index (χ2n) is 6.30. The molecule has 1 atom stereocenters. The summed E-state index contributed by atoms with van der Waals surface area (Å²) in [6.45, 7) is 4.60. The standard InChI is InChI=1S/C17H21F3N2O2S/c18-17(19,20)25-15-5-3-13(4-6-15)16(23)22-9-7-21(8-10-22)12-14-2-1-11-24-14/h3-6,14H,1-2,7-12H2. The highest BCUT2D eigenvalue weighted by molar-refractivity contribution is 8.00. The number of alkyl halides is 3. The summed E-state index contributed by atoms with van der Waals surface area (Å²) in [5.41, 5.74) is -3.88. The molecule has 2 aliphatic heterocycles. The minimum absolute atomic E-state index is 0.0884. The maximum absolute atomic E-state index is 12.5. The van der Waals surface area contributed by atoms with Crippen molar-refractivity contribution in [1.82, 2.24) is 9.80 Å². The van der Waals surface area contributed by atoms with Crippen LogP contribution in [0.5, 0.6) is 0 Å². The molecule has 25 heavy (non-hydrogen) atoms. The van der Waals surface area contributed by atoms with E-state index >= 15 is 0 Å². The highest BCUT2D eigenvalue weighted by Crippen LogP contribution is 2.36. The van der Waals surface area contributed by atoms with E-state index in [2.05, 4.69) is 4.90 Å². The van der Waals surface area contributed by atoms with Crippen molar-refractivity contribution in [3.8, 4) is 0 Å². The van der Waals surface area contributed by atoms with Crippen LogP contribution in [0.1, 0.15) is 23.2 Å². The predicted octanol–water partition coefficient (Wildman–Crippen LogP) is 3.24. The Morgan fingerprint density at radius 1 is 1.16 bits per heavy atom. The first-order valence-electron chi connectivity index (χ1n) is 8.40. The Morgan fingerprint density at radius 3 is 2.40 bits per heavy atom. The third-order valence-corrected chi connectivity index (χ3v) is 5.22. The molecule has 1 aromatic rings. The fraction of sp³-hybridized carbons (Fsp3) is 0.588. The quantitative estimate of drug-likeness (QED) is 0.758. The van der Waals surface area contributed by atoms with Crippen LogP contribution in [0.4, 0.5) is 13.2 Å². The minimum atomic E-state index is -4.31. The summed E-state index contributed by atoms with van der Waals surface area (Å²) >= 11 is -0.171. The molecule has 0 aliphatic carbocycles. The van der Waals surface area contributed by atoms with Crippen LogP contribution in [0.25, 0.3) is 0 Å². The summed E-state index contributed by atoms with van der Waals surface area (Å²) in [6.07, 6.45) is 2.52. The molecule has 138 valence electrons. The number of rotatable bonds is 4. The number of thioether (sulfide) groups is 1. The third kappa shape index (κ3) is 5.36. The normalized spacial score (nSPS) is 22.4. The van der Waals surface area contributed by atoms with Gasteiger partial charge in [0, 0.05) is 49.8 Å². The van der Waals surface area contributed by atoms with Gasteiger partial charge in [0.2, 0.25) is 0 Å². The van der Waals surface area contributed by atoms with Crippen molar-refractivity contribution in [1.29, 1.82) is 0 Å². The molecule has 1 aromatic carbocycles. The molecule has 1 amide bonds. The predicted molar refractivity (Wildman–Crippen MR) is 89.7 cm³/mol. The number of carbonyl (C=O) groups excluding carboxylic acids is 1. The van der Waals surface area contributed by atoms with E-state index in [1.165, 1.54) is 24.3 Å². The maximum atomic E-state index is 12.5. The molecule has 0 N–H and O–H groups in total. The molecule has 2 heterocycles. The lowest BCUT2D eigenvalue weighted by atomic mass is 10.1. The van der Waals surface area contributed by atoms with Crippen LogP contribution in [0.2, 0.25) is 0 Å². The van der Waals surface area contributed by atoms with E-state index in [0.717, 1.165) is 39.1 Å². The summed E-state index contributed by atoms with van der Waals surface area (Å²) in [7, 11) is 0. The average molecular weight is 374 g/mol. The Hall–Kier alpha value is -1.25. The molecular formula is C17H21F3N2O2S. The molecular weight excluding hydrogens is 353 g/mol. The van der Waals surface area contributed by atoms with E-state index in [1.807, 2.05) is 0 Å². The first-order valence-corrected chi connectivity index (χ1v) is 9.21. The second kappa shape index (κ2) is 7.97. The molecule has 2 aliphatic rings. The fourth-order valence-electron chi connectivity index (χ4n) is 3.19. The fourth-order valence-corrected chi connectivity index (χ4v) is 3.73. The number of hydrogen-bond acceptors (Lipinski definition) is 4. The van der Waals surface area contributed by atoms with Gasteiger partial charge in [0.25, 0.3) is 5.91 Å². The van der Waals surface area contributed by atoms with Gasteiger partial charge in [0.1, 0.15) is 0 Å². The smallest absolute Gasteiger partial charge is 0.377 e. The molecule has 4 nitrogen and oxygen atoms in total. The summed E-state index contributed by atoms with van der Waals surface area (Å²) in [5, 5.41) is 0. The molecule has 0 aromatic heterocycles. The number of halogens is 3. The first kappa shape index (κ1) is 18.5. The van der Waals surface area contributed by atoms with Crippen LogP contribution in [0, 0.1) is 0 Å². The number of amides is 1. The first-order chi connectivity index (χ1) is 11.9. The maximum Gasteiger partial charge on any atom is 0.446 e. The highest BCUT2D eigenvalue weighted by atomic mass is 32.2. The minimum Gasteiger partial charge on any atom is -0.377 e. The molecule has 8 heteroatoms. The summed E-state index contributed by atoms with van der Waals surface area (Å²) in [6, 6.07) is 5.63. The molecule has 3 rings (SSSR count). The number of nitrogens with zero attached hydrogens (tertiary/aromatic N) is 2. The van der Waals surface area contributed by atoms with Crippen LogP contribution in [0.15, 0.2) is 29.2 Å². The molecule has 0 spiro atoms. The van der Waals surface area contributed by atoms with Crippen molar-refractivity contribution in [3.63, 3.8) is 0 Å². The number of carbonyl (C=O) groups is 1. The van der Waals surface area contributed by atoms with Gasteiger partial charge in [-0.2, -0.15) is 13.2 Å². The largest absolute Gasteiger partial charge is 0.446 e. The zero-order valence-electron chi connectivity index (χ0n) is 13.8. The number of hydrogen-bond donors (Lipinski definition) is 0.